The molecular formula is C20H27N3S. The highest BCUT2D eigenvalue weighted by molar-refractivity contribution is 7.18. The maximum absolute atomic E-state index is 5.03. The lowest BCUT2D eigenvalue weighted by atomic mass is 9.58. The van der Waals surface area contributed by atoms with Crippen molar-refractivity contribution in [1.82, 2.24) is 15.2 Å². The molecule has 2 aliphatic heterocycles. The minimum Gasteiger partial charge on any atom is -0.310 e. The van der Waals surface area contributed by atoms with Gasteiger partial charge in [0.1, 0.15) is 0 Å². The van der Waals surface area contributed by atoms with Crippen LogP contribution in [0.1, 0.15) is 55.1 Å². The Morgan fingerprint density at radius 2 is 2.08 bits per heavy atom. The quantitative estimate of drug-likeness (QED) is 0.889. The Hall–Kier alpha value is -0.970. The van der Waals surface area contributed by atoms with Crippen LogP contribution in [0, 0.1) is 11.3 Å². The fraction of sp³-hybridized carbons (Fsp3) is 0.650. The standard InChI is InChI=1S/C20H27N3S/c1-13-3-5-16(21-10-13)14-4-6-18-17(7-14)22-19(24-18)15-8-20(9-15)11-23(2)12-20/h4,6-7,13,15-16,21H,3,5,8-12H2,1-2H3/t13-,16+/m0/s1. The van der Waals surface area contributed by atoms with Crippen molar-refractivity contribution in [3.05, 3.63) is 28.8 Å². The van der Waals surface area contributed by atoms with Gasteiger partial charge in [0.2, 0.25) is 0 Å². The van der Waals surface area contributed by atoms with Gasteiger partial charge >= 0.3 is 0 Å². The third-order valence-corrected chi connectivity index (χ3v) is 7.61. The van der Waals surface area contributed by atoms with Gasteiger partial charge in [0.15, 0.2) is 0 Å². The smallest absolute Gasteiger partial charge is 0.0969 e. The first-order chi connectivity index (χ1) is 11.6. The SMILES string of the molecule is C[C@H]1CC[C@H](c2ccc3sc(C4CC5(C4)CN(C)C5)nc3c2)NC1. The van der Waals surface area contributed by atoms with Crippen molar-refractivity contribution in [2.45, 2.75) is 44.6 Å². The summed E-state index contributed by atoms with van der Waals surface area (Å²) >= 11 is 1.93. The van der Waals surface area contributed by atoms with Gasteiger partial charge in [-0.1, -0.05) is 13.0 Å². The number of piperidine rings is 1. The van der Waals surface area contributed by atoms with Crippen molar-refractivity contribution < 1.29 is 0 Å². The molecule has 3 fully saturated rings. The summed E-state index contributed by atoms with van der Waals surface area (Å²) in [6, 6.07) is 7.49. The van der Waals surface area contributed by atoms with Crippen LogP contribution in [0.5, 0.6) is 0 Å². The van der Waals surface area contributed by atoms with E-state index in [0.29, 0.717) is 17.4 Å². The molecule has 1 N–H and O–H groups in total. The summed E-state index contributed by atoms with van der Waals surface area (Å²) in [5.74, 6) is 1.53. The lowest BCUT2D eigenvalue weighted by molar-refractivity contribution is -0.0584. The van der Waals surface area contributed by atoms with Gasteiger partial charge in [0.05, 0.1) is 15.2 Å². The van der Waals surface area contributed by atoms with Crippen molar-refractivity contribution in [2.75, 3.05) is 26.7 Å². The number of nitrogens with zero attached hydrogens (tertiary/aromatic N) is 2. The minimum absolute atomic E-state index is 0.522. The van der Waals surface area contributed by atoms with E-state index in [4.69, 9.17) is 4.98 Å². The van der Waals surface area contributed by atoms with E-state index < -0.39 is 0 Å². The Bertz CT molecular complexity index is 745. The Labute approximate surface area is 148 Å². The summed E-state index contributed by atoms with van der Waals surface area (Å²) in [6.07, 6.45) is 5.29. The number of aromatic nitrogens is 1. The Balaban J connectivity index is 1.33. The lowest BCUT2D eigenvalue weighted by Gasteiger charge is -2.58. The van der Waals surface area contributed by atoms with Gasteiger partial charge in [0.25, 0.3) is 0 Å². The zero-order chi connectivity index (χ0) is 16.3. The molecule has 4 heteroatoms. The molecule has 1 aromatic carbocycles. The molecule has 1 aromatic heterocycles. The van der Waals surface area contributed by atoms with Crippen LogP contribution in [0.25, 0.3) is 10.2 Å². The van der Waals surface area contributed by atoms with Crippen molar-refractivity contribution >= 4 is 21.6 Å². The summed E-state index contributed by atoms with van der Waals surface area (Å²) < 4.78 is 1.37. The number of thiazole rings is 1. The molecule has 1 aliphatic carbocycles. The third kappa shape index (κ3) is 2.51. The number of nitrogens with one attached hydrogen (secondary N) is 1. The number of hydrogen-bond donors (Lipinski definition) is 1. The lowest BCUT2D eigenvalue weighted by Crippen LogP contribution is -2.59. The molecule has 0 radical (unpaired) electrons. The molecule has 3 aliphatic rings. The van der Waals surface area contributed by atoms with E-state index in [1.165, 1.54) is 59.6 Å². The normalized spacial score (nSPS) is 30.4. The monoisotopic (exact) mass is 341 g/mol. The van der Waals surface area contributed by atoms with Gasteiger partial charge in [0, 0.05) is 25.0 Å². The van der Waals surface area contributed by atoms with Gasteiger partial charge in [-0.25, -0.2) is 4.98 Å². The summed E-state index contributed by atoms with van der Waals surface area (Å²) in [5, 5.41) is 5.08. The minimum atomic E-state index is 0.522. The van der Waals surface area contributed by atoms with Crippen molar-refractivity contribution in [1.29, 1.82) is 0 Å². The van der Waals surface area contributed by atoms with E-state index >= 15 is 0 Å². The number of hydrogen-bond acceptors (Lipinski definition) is 4. The number of rotatable bonds is 2. The number of fused-ring (bicyclic) bond motifs is 1. The van der Waals surface area contributed by atoms with Gasteiger partial charge in [-0.3, -0.25) is 0 Å². The molecule has 1 spiro atoms. The van der Waals surface area contributed by atoms with Crippen LogP contribution in [-0.4, -0.2) is 36.6 Å². The second-order valence-electron chi connectivity index (χ2n) is 8.70. The zero-order valence-corrected chi connectivity index (χ0v) is 15.5. The van der Waals surface area contributed by atoms with Gasteiger partial charge in [-0.2, -0.15) is 0 Å². The molecule has 1 saturated carbocycles. The van der Waals surface area contributed by atoms with Crippen LogP contribution < -0.4 is 5.32 Å². The molecule has 0 unspecified atom stereocenters. The highest BCUT2D eigenvalue weighted by Crippen LogP contribution is 2.56. The van der Waals surface area contributed by atoms with E-state index in [1.54, 1.807) is 0 Å². The van der Waals surface area contributed by atoms with E-state index in [1.807, 2.05) is 11.3 Å². The van der Waals surface area contributed by atoms with E-state index in [0.717, 1.165) is 12.5 Å². The predicted octanol–water partition coefficient (Wildman–Crippen LogP) is 4.17. The molecule has 0 bridgehead atoms. The summed E-state index contributed by atoms with van der Waals surface area (Å²) in [6.45, 7) is 6.07. The van der Waals surface area contributed by atoms with E-state index in [2.05, 4.69) is 42.4 Å². The number of benzene rings is 1. The number of likely N-dealkylation sites (tertiary alicyclic amines) is 1. The summed E-state index contributed by atoms with van der Waals surface area (Å²) in [7, 11) is 2.23. The summed E-state index contributed by atoms with van der Waals surface area (Å²) in [5.41, 5.74) is 3.29. The largest absolute Gasteiger partial charge is 0.310 e. The maximum atomic E-state index is 5.03. The predicted molar refractivity (Wildman–Crippen MR) is 101 cm³/mol. The Kier molecular flexibility index (Phi) is 3.52. The fourth-order valence-corrected chi connectivity index (χ4v) is 6.20. The highest BCUT2D eigenvalue weighted by Gasteiger charge is 2.52. The first kappa shape index (κ1) is 15.3. The summed E-state index contributed by atoms with van der Waals surface area (Å²) in [4.78, 5) is 7.47. The van der Waals surface area contributed by atoms with Crippen molar-refractivity contribution in [3.63, 3.8) is 0 Å². The van der Waals surface area contributed by atoms with Crippen LogP contribution in [0.3, 0.4) is 0 Å². The maximum Gasteiger partial charge on any atom is 0.0969 e. The fourth-order valence-electron chi connectivity index (χ4n) is 5.15. The van der Waals surface area contributed by atoms with Gasteiger partial charge in [-0.15, -0.1) is 11.3 Å². The van der Waals surface area contributed by atoms with Crippen LogP contribution in [-0.2, 0) is 0 Å². The molecular weight excluding hydrogens is 314 g/mol. The molecule has 2 saturated heterocycles. The third-order valence-electron chi connectivity index (χ3n) is 6.41. The molecule has 3 heterocycles. The topological polar surface area (TPSA) is 28.2 Å². The molecule has 2 atom stereocenters. The van der Waals surface area contributed by atoms with Crippen LogP contribution in [0.2, 0.25) is 0 Å². The first-order valence-corrected chi connectivity index (χ1v) is 10.2. The second-order valence-corrected chi connectivity index (χ2v) is 9.76. The molecule has 0 amide bonds. The average molecular weight is 342 g/mol. The van der Waals surface area contributed by atoms with Crippen molar-refractivity contribution in [3.8, 4) is 0 Å². The zero-order valence-electron chi connectivity index (χ0n) is 14.7. The molecule has 3 nitrogen and oxygen atoms in total. The van der Waals surface area contributed by atoms with Crippen LogP contribution in [0.4, 0.5) is 0 Å². The Morgan fingerprint density at radius 3 is 2.79 bits per heavy atom. The first-order valence-electron chi connectivity index (χ1n) is 9.43. The van der Waals surface area contributed by atoms with E-state index in [9.17, 15) is 0 Å². The molecule has 2 aromatic rings. The van der Waals surface area contributed by atoms with Gasteiger partial charge in [-0.05, 0) is 68.3 Å². The molecule has 128 valence electrons. The highest BCUT2D eigenvalue weighted by atomic mass is 32.1. The average Bonchev–Trinajstić information content (AvgIpc) is 2.92. The van der Waals surface area contributed by atoms with Crippen LogP contribution >= 0.6 is 11.3 Å². The second kappa shape index (κ2) is 5.52. The van der Waals surface area contributed by atoms with Crippen molar-refractivity contribution in [2.24, 2.45) is 11.3 Å². The molecule has 24 heavy (non-hydrogen) atoms. The Morgan fingerprint density at radius 1 is 1.25 bits per heavy atom. The van der Waals surface area contributed by atoms with Crippen LogP contribution in [0.15, 0.2) is 18.2 Å². The molecule has 5 rings (SSSR count). The van der Waals surface area contributed by atoms with E-state index in [-0.39, 0.29) is 0 Å². The van der Waals surface area contributed by atoms with Gasteiger partial charge < -0.3 is 10.2 Å².